The molecule has 0 spiro atoms. The molecular formula is C14H10Cl2N2O. The fourth-order valence-corrected chi connectivity index (χ4v) is 2.41. The van der Waals surface area contributed by atoms with Gasteiger partial charge in [0.25, 0.3) is 0 Å². The van der Waals surface area contributed by atoms with Crippen LogP contribution in [0.2, 0.25) is 10.0 Å². The van der Waals surface area contributed by atoms with Crippen LogP contribution in [0.15, 0.2) is 34.7 Å². The van der Waals surface area contributed by atoms with Crippen molar-refractivity contribution >= 4 is 40.0 Å². The largest absolute Gasteiger partial charge is 0.436 e. The third-order valence-electron chi connectivity index (χ3n) is 2.94. The Kier molecular flexibility index (Phi) is 2.88. The summed E-state index contributed by atoms with van der Waals surface area (Å²) in [5, 5.41) is 0.781. The number of halogens is 2. The van der Waals surface area contributed by atoms with Gasteiger partial charge in [0, 0.05) is 5.56 Å². The van der Waals surface area contributed by atoms with Crippen molar-refractivity contribution < 1.29 is 4.42 Å². The quantitative estimate of drug-likeness (QED) is 0.662. The van der Waals surface area contributed by atoms with Gasteiger partial charge in [-0.15, -0.1) is 0 Å². The average Bonchev–Trinajstić information content (AvgIpc) is 2.81. The van der Waals surface area contributed by atoms with Gasteiger partial charge < -0.3 is 10.2 Å². The first-order valence-corrected chi connectivity index (χ1v) is 6.43. The van der Waals surface area contributed by atoms with Crippen LogP contribution >= 0.6 is 23.2 Å². The Labute approximate surface area is 119 Å². The molecule has 1 heterocycles. The van der Waals surface area contributed by atoms with E-state index in [9.17, 15) is 0 Å². The van der Waals surface area contributed by atoms with Gasteiger partial charge in [-0.3, -0.25) is 0 Å². The molecule has 0 aliphatic heterocycles. The summed E-state index contributed by atoms with van der Waals surface area (Å²) in [6.07, 6.45) is 0. The highest BCUT2D eigenvalue weighted by atomic mass is 35.5. The molecule has 96 valence electrons. The van der Waals surface area contributed by atoms with E-state index < -0.39 is 0 Å². The topological polar surface area (TPSA) is 52.0 Å². The van der Waals surface area contributed by atoms with Gasteiger partial charge in [0.05, 0.1) is 15.7 Å². The maximum Gasteiger partial charge on any atom is 0.227 e. The summed E-state index contributed by atoms with van der Waals surface area (Å²) >= 11 is 12.0. The zero-order valence-electron chi connectivity index (χ0n) is 10.1. The van der Waals surface area contributed by atoms with Gasteiger partial charge in [0.15, 0.2) is 5.58 Å². The van der Waals surface area contributed by atoms with E-state index in [1.807, 2.05) is 25.1 Å². The van der Waals surface area contributed by atoms with Crippen molar-refractivity contribution in [3.05, 3.63) is 45.9 Å². The predicted molar refractivity (Wildman–Crippen MR) is 78.6 cm³/mol. The number of nitrogens with two attached hydrogens (primary N) is 1. The Bertz CT molecular complexity index is 757. The average molecular weight is 293 g/mol. The Morgan fingerprint density at radius 3 is 2.47 bits per heavy atom. The number of hydrogen-bond donors (Lipinski definition) is 1. The molecule has 0 bridgehead atoms. The minimum Gasteiger partial charge on any atom is -0.436 e. The summed E-state index contributed by atoms with van der Waals surface area (Å²) in [4.78, 5) is 4.43. The molecule has 0 saturated heterocycles. The standard InChI is InChI=1S/C14H10Cl2N2O/c1-7-3-2-4-11-13(7)19-14(18-11)8-5-9(15)12(17)10(16)6-8/h2-6H,17H2,1H3. The second kappa shape index (κ2) is 4.44. The van der Waals surface area contributed by atoms with Crippen molar-refractivity contribution in [1.29, 1.82) is 0 Å². The molecular weight excluding hydrogens is 283 g/mol. The lowest BCUT2D eigenvalue weighted by Crippen LogP contribution is -1.89. The lowest BCUT2D eigenvalue weighted by atomic mass is 10.2. The molecule has 3 nitrogen and oxygen atoms in total. The summed E-state index contributed by atoms with van der Waals surface area (Å²) in [5.41, 5.74) is 9.38. The molecule has 0 aliphatic carbocycles. The van der Waals surface area contributed by atoms with Crippen molar-refractivity contribution in [2.75, 3.05) is 5.73 Å². The third kappa shape index (κ3) is 2.05. The van der Waals surface area contributed by atoms with Crippen LogP contribution in [0.25, 0.3) is 22.6 Å². The molecule has 0 unspecified atom stereocenters. The van der Waals surface area contributed by atoms with Crippen molar-refractivity contribution in [1.82, 2.24) is 4.98 Å². The van der Waals surface area contributed by atoms with Crippen LogP contribution in [0.1, 0.15) is 5.56 Å². The minimum absolute atomic E-state index is 0.361. The molecule has 0 fully saturated rings. The zero-order chi connectivity index (χ0) is 13.6. The normalized spacial score (nSPS) is 11.1. The molecule has 2 aromatic carbocycles. The Hall–Kier alpha value is -1.71. The molecule has 5 heteroatoms. The van der Waals surface area contributed by atoms with E-state index in [4.69, 9.17) is 33.4 Å². The maximum absolute atomic E-state index is 6.02. The second-order valence-electron chi connectivity index (χ2n) is 4.30. The lowest BCUT2D eigenvalue weighted by Gasteiger charge is -2.03. The van der Waals surface area contributed by atoms with Crippen molar-refractivity contribution in [2.24, 2.45) is 0 Å². The van der Waals surface area contributed by atoms with Gasteiger partial charge in [-0.1, -0.05) is 35.3 Å². The van der Waals surface area contributed by atoms with Crippen LogP contribution in [-0.4, -0.2) is 4.98 Å². The molecule has 19 heavy (non-hydrogen) atoms. The molecule has 2 N–H and O–H groups in total. The summed E-state index contributed by atoms with van der Waals surface area (Å²) in [7, 11) is 0. The fraction of sp³-hybridized carbons (Fsp3) is 0.0714. The van der Waals surface area contributed by atoms with Crippen molar-refractivity contribution in [3.63, 3.8) is 0 Å². The van der Waals surface area contributed by atoms with E-state index >= 15 is 0 Å². The molecule has 1 aromatic heterocycles. The first kappa shape index (κ1) is 12.3. The molecule has 3 rings (SSSR count). The SMILES string of the molecule is Cc1cccc2nc(-c3cc(Cl)c(N)c(Cl)c3)oc12. The smallest absolute Gasteiger partial charge is 0.227 e. The van der Waals surface area contributed by atoms with E-state index in [-0.39, 0.29) is 0 Å². The summed E-state index contributed by atoms with van der Waals surface area (Å²) in [5.74, 6) is 0.480. The highest BCUT2D eigenvalue weighted by molar-refractivity contribution is 6.39. The van der Waals surface area contributed by atoms with Gasteiger partial charge in [-0.05, 0) is 30.7 Å². The number of para-hydroxylation sites is 1. The van der Waals surface area contributed by atoms with E-state index in [0.29, 0.717) is 27.2 Å². The van der Waals surface area contributed by atoms with Gasteiger partial charge in [0.2, 0.25) is 5.89 Å². The van der Waals surface area contributed by atoms with Crippen molar-refractivity contribution in [2.45, 2.75) is 6.92 Å². The van der Waals surface area contributed by atoms with Crippen LogP contribution in [0, 0.1) is 6.92 Å². The number of benzene rings is 2. The number of anilines is 1. The zero-order valence-corrected chi connectivity index (χ0v) is 11.6. The monoisotopic (exact) mass is 292 g/mol. The van der Waals surface area contributed by atoms with Gasteiger partial charge in [-0.2, -0.15) is 0 Å². The Morgan fingerprint density at radius 1 is 1.16 bits per heavy atom. The predicted octanol–water partition coefficient (Wildman–Crippen LogP) is 4.69. The van der Waals surface area contributed by atoms with Crippen LogP contribution in [-0.2, 0) is 0 Å². The number of aryl methyl sites for hydroxylation is 1. The lowest BCUT2D eigenvalue weighted by molar-refractivity contribution is 0.617. The summed E-state index contributed by atoms with van der Waals surface area (Å²) < 4.78 is 5.77. The van der Waals surface area contributed by atoms with Gasteiger partial charge >= 0.3 is 0 Å². The van der Waals surface area contributed by atoms with Crippen LogP contribution in [0.4, 0.5) is 5.69 Å². The number of rotatable bonds is 1. The fourth-order valence-electron chi connectivity index (χ4n) is 1.92. The van der Waals surface area contributed by atoms with Crippen LogP contribution in [0.3, 0.4) is 0 Å². The molecule has 0 radical (unpaired) electrons. The molecule has 0 aliphatic rings. The van der Waals surface area contributed by atoms with Gasteiger partial charge in [0.1, 0.15) is 5.52 Å². The molecule has 0 atom stereocenters. The maximum atomic E-state index is 6.02. The van der Waals surface area contributed by atoms with E-state index in [2.05, 4.69) is 4.98 Å². The number of aromatic nitrogens is 1. The second-order valence-corrected chi connectivity index (χ2v) is 5.11. The highest BCUT2D eigenvalue weighted by Crippen LogP contribution is 2.34. The number of fused-ring (bicyclic) bond motifs is 1. The Morgan fingerprint density at radius 2 is 1.84 bits per heavy atom. The summed E-state index contributed by atoms with van der Waals surface area (Å²) in [6.45, 7) is 1.97. The summed E-state index contributed by atoms with van der Waals surface area (Å²) in [6, 6.07) is 9.20. The van der Waals surface area contributed by atoms with E-state index in [1.54, 1.807) is 12.1 Å². The number of nitrogens with zero attached hydrogens (tertiary/aromatic N) is 1. The number of oxazole rings is 1. The van der Waals surface area contributed by atoms with Crippen molar-refractivity contribution in [3.8, 4) is 11.5 Å². The van der Waals surface area contributed by atoms with Crippen LogP contribution in [0.5, 0.6) is 0 Å². The van der Waals surface area contributed by atoms with Crippen LogP contribution < -0.4 is 5.73 Å². The Balaban J connectivity index is 2.22. The molecule has 0 saturated carbocycles. The third-order valence-corrected chi connectivity index (χ3v) is 3.56. The number of nitrogen functional groups attached to an aromatic ring is 1. The number of hydrogen-bond acceptors (Lipinski definition) is 3. The van der Waals surface area contributed by atoms with Gasteiger partial charge in [-0.25, -0.2) is 4.98 Å². The molecule has 0 amide bonds. The first-order chi connectivity index (χ1) is 9.06. The molecule has 3 aromatic rings. The first-order valence-electron chi connectivity index (χ1n) is 5.67. The van der Waals surface area contributed by atoms with E-state index in [1.165, 1.54) is 0 Å². The highest BCUT2D eigenvalue weighted by Gasteiger charge is 2.13. The van der Waals surface area contributed by atoms with E-state index in [0.717, 1.165) is 16.7 Å². The minimum atomic E-state index is 0.361.